The minimum absolute atomic E-state index is 0. The van der Waals surface area contributed by atoms with E-state index in [1.54, 1.807) is 24.6 Å². The van der Waals surface area contributed by atoms with Crippen molar-refractivity contribution < 1.29 is 4.42 Å². The van der Waals surface area contributed by atoms with E-state index in [0.717, 1.165) is 16.5 Å². The van der Waals surface area contributed by atoms with Gasteiger partial charge in [0.1, 0.15) is 6.26 Å². The van der Waals surface area contributed by atoms with Gasteiger partial charge in [-0.2, -0.15) is 0 Å². The number of guanidine groups is 1. The zero-order chi connectivity index (χ0) is 13.7. The molecule has 2 N–H and O–H groups in total. The molecule has 0 atom stereocenters. The van der Waals surface area contributed by atoms with Gasteiger partial charge in [0.05, 0.1) is 17.1 Å². The summed E-state index contributed by atoms with van der Waals surface area (Å²) in [5, 5.41) is 8.42. The molecule has 0 unspecified atom stereocenters. The van der Waals surface area contributed by atoms with Gasteiger partial charge in [0.25, 0.3) is 0 Å². The van der Waals surface area contributed by atoms with Crippen molar-refractivity contribution in [1.29, 1.82) is 0 Å². The second-order valence-electron chi connectivity index (χ2n) is 4.35. The summed E-state index contributed by atoms with van der Waals surface area (Å²) in [6.07, 6.45) is 1.67. The smallest absolute Gasteiger partial charge is 0.236 e. The molecule has 0 amide bonds. The van der Waals surface area contributed by atoms with Crippen LogP contribution in [0.1, 0.15) is 19.5 Å². The molecule has 2 rings (SSSR count). The molecule has 2 heterocycles. The fourth-order valence-electron chi connectivity index (χ4n) is 1.54. The zero-order valence-corrected chi connectivity index (χ0v) is 14.9. The molecule has 0 fully saturated rings. The van der Waals surface area contributed by atoms with Crippen LogP contribution in [0.5, 0.6) is 0 Å². The average molecular weight is 406 g/mol. The van der Waals surface area contributed by atoms with E-state index in [9.17, 15) is 0 Å². The Kier molecular flexibility index (Phi) is 7.00. The largest absolute Gasteiger partial charge is 0.443 e. The Morgan fingerprint density at radius 1 is 1.50 bits per heavy atom. The van der Waals surface area contributed by atoms with Crippen LogP contribution >= 0.6 is 35.3 Å². The van der Waals surface area contributed by atoms with Crippen LogP contribution in [0.25, 0.3) is 10.8 Å². The first-order valence-electron chi connectivity index (χ1n) is 6.14. The lowest BCUT2D eigenvalue weighted by Gasteiger charge is -2.13. The molecule has 0 aliphatic heterocycles. The third kappa shape index (κ3) is 4.78. The molecular formula is C13H19IN4OS. The summed E-state index contributed by atoms with van der Waals surface area (Å²) < 4.78 is 5.46. The highest BCUT2D eigenvalue weighted by atomic mass is 127. The van der Waals surface area contributed by atoms with Gasteiger partial charge in [-0.25, -0.2) is 4.98 Å². The summed E-state index contributed by atoms with van der Waals surface area (Å²) in [4.78, 5) is 9.61. The molecule has 0 aromatic carbocycles. The molecule has 110 valence electrons. The van der Waals surface area contributed by atoms with Gasteiger partial charge >= 0.3 is 0 Å². The van der Waals surface area contributed by atoms with Gasteiger partial charge in [0, 0.05) is 13.1 Å². The summed E-state index contributed by atoms with van der Waals surface area (Å²) in [5.41, 5.74) is 0.857. The van der Waals surface area contributed by atoms with Crippen molar-refractivity contribution in [2.24, 2.45) is 4.99 Å². The van der Waals surface area contributed by atoms with E-state index in [2.05, 4.69) is 34.5 Å². The third-order valence-corrected chi connectivity index (χ3v) is 3.23. The number of rotatable bonds is 4. The summed E-state index contributed by atoms with van der Waals surface area (Å²) in [5.74, 6) is 1.43. The lowest BCUT2D eigenvalue weighted by atomic mass is 10.4. The number of halogens is 1. The summed E-state index contributed by atoms with van der Waals surface area (Å²) in [6.45, 7) is 4.72. The van der Waals surface area contributed by atoms with Crippen molar-refractivity contribution in [3.63, 3.8) is 0 Å². The highest BCUT2D eigenvalue weighted by Gasteiger charge is 2.08. The van der Waals surface area contributed by atoms with Gasteiger partial charge < -0.3 is 15.1 Å². The number of hydrogen-bond acceptors (Lipinski definition) is 4. The van der Waals surface area contributed by atoms with Crippen LogP contribution in [0.3, 0.4) is 0 Å². The molecule has 20 heavy (non-hydrogen) atoms. The van der Waals surface area contributed by atoms with Crippen molar-refractivity contribution in [3.8, 4) is 10.8 Å². The normalized spacial score (nSPS) is 11.3. The van der Waals surface area contributed by atoms with Crippen molar-refractivity contribution in [2.45, 2.75) is 26.4 Å². The Hall–Kier alpha value is -1.09. The molecule has 2 aromatic heterocycles. The standard InChI is InChI=1S/C13H18N4OS.HI/c1-9(2)16-13(14-3)15-7-10-8-18-12(17-10)11-5-4-6-19-11;/h4-6,8-9H,7H2,1-3H3,(H2,14,15,16);1H. The van der Waals surface area contributed by atoms with Crippen LogP contribution in [0, 0.1) is 0 Å². The van der Waals surface area contributed by atoms with Gasteiger partial charge in [-0.05, 0) is 25.3 Å². The summed E-state index contributed by atoms with van der Waals surface area (Å²) in [6, 6.07) is 4.31. The molecule has 0 radical (unpaired) electrons. The fraction of sp³-hybridized carbons (Fsp3) is 0.385. The number of nitrogens with one attached hydrogen (secondary N) is 2. The van der Waals surface area contributed by atoms with Crippen molar-refractivity contribution in [2.75, 3.05) is 7.05 Å². The topological polar surface area (TPSA) is 62.5 Å². The lowest BCUT2D eigenvalue weighted by molar-refractivity contribution is 0.573. The number of nitrogens with zero attached hydrogens (tertiary/aromatic N) is 2. The van der Waals surface area contributed by atoms with Crippen molar-refractivity contribution >= 4 is 41.3 Å². The Balaban J connectivity index is 0.00000200. The fourth-order valence-corrected chi connectivity index (χ4v) is 2.20. The van der Waals surface area contributed by atoms with Gasteiger partial charge in [0.2, 0.25) is 5.89 Å². The highest BCUT2D eigenvalue weighted by molar-refractivity contribution is 14.0. The van der Waals surface area contributed by atoms with E-state index in [-0.39, 0.29) is 24.0 Å². The minimum atomic E-state index is 0. The number of aromatic nitrogens is 1. The number of thiophene rings is 1. The molecular weight excluding hydrogens is 387 g/mol. The van der Waals surface area contributed by atoms with Crippen LogP contribution in [-0.4, -0.2) is 24.0 Å². The van der Waals surface area contributed by atoms with Crippen LogP contribution in [0.4, 0.5) is 0 Å². The molecule has 5 nitrogen and oxygen atoms in total. The Morgan fingerprint density at radius 2 is 2.30 bits per heavy atom. The maximum absolute atomic E-state index is 5.46. The summed E-state index contributed by atoms with van der Waals surface area (Å²) in [7, 11) is 1.75. The van der Waals surface area contributed by atoms with Crippen LogP contribution in [-0.2, 0) is 6.54 Å². The molecule has 0 spiro atoms. The van der Waals surface area contributed by atoms with Gasteiger partial charge in [-0.3, -0.25) is 4.99 Å². The number of hydrogen-bond donors (Lipinski definition) is 2. The predicted octanol–water partition coefficient (Wildman–Crippen LogP) is 3.09. The van der Waals surface area contributed by atoms with E-state index in [1.165, 1.54) is 0 Å². The van der Waals surface area contributed by atoms with Crippen molar-refractivity contribution in [3.05, 3.63) is 29.5 Å². The van der Waals surface area contributed by atoms with E-state index in [0.29, 0.717) is 18.5 Å². The maximum atomic E-state index is 5.46. The lowest BCUT2D eigenvalue weighted by Crippen LogP contribution is -2.40. The number of oxazole rings is 1. The van der Waals surface area contributed by atoms with E-state index in [4.69, 9.17) is 4.42 Å². The third-order valence-electron chi connectivity index (χ3n) is 2.37. The molecule has 7 heteroatoms. The first-order chi connectivity index (χ1) is 9.19. The van der Waals surface area contributed by atoms with Gasteiger partial charge in [0.15, 0.2) is 5.96 Å². The molecule has 2 aromatic rings. The molecule has 0 saturated heterocycles. The summed E-state index contributed by atoms with van der Waals surface area (Å²) >= 11 is 1.61. The second kappa shape index (κ2) is 8.25. The SMILES string of the molecule is CN=C(NCc1coc(-c2cccs2)n1)NC(C)C.I. The quantitative estimate of drug-likeness (QED) is 0.466. The predicted molar refractivity (Wildman–Crippen MR) is 93.7 cm³/mol. The zero-order valence-electron chi connectivity index (χ0n) is 11.7. The average Bonchev–Trinajstić information content (AvgIpc) is 3.03. The maximum Gasteiger partial charge on any atom is 0.236 e. The Labute approximate surface area is 139 Å². The van der Waals surface area contributed by atoms with Gasteiger partial charge in [-0.15, -0.1) is 35.3 Å². The Bertz CT molecular complexity index is 536. The van der Waals surface area contributed by atoms with Crippen LogP contribution in [0.15, 0.2) is 33.2 Å². The van der Waals surface area contributed by atoms with Crippen molar-refractivity contribution in [1.82, 2.24) is 15.6 Å². The van der Waals surface area contributed by atoms with E-state index >= 15 is 0 Å². The molecule has 0 bridgehead atoms. The highest BCUT2D eigenvalue weighted by Crippen LogP contribution is 2.23. The molecule has 0 saturated carbocycles. The second-order valence-corrected chi connectivity index (χ2v) is 5.29. The first kappa shape index (κ1) is 17.0. The van der Waals surface area contributed by atoms with Gasteiger partial charge in [-0.1, -0.05) is 6.07 Å². The molecule has 0 aliphatic carbocycles. The monoisotopic (exact) mass is 406 g/mol. The minimum Gasteiger partial charge on any atom is -0.443 e. The Morgan fingerprint density at radius 3 is 2.90 bits per heavy atom. The van der Waals surface area contributed by atoms with Crippen LogP contribution in [0.2, 0.25) is 0 Å². The van der Waals surface area contributed by atoms with E-state index < -0.39 is 0 Å². The molecule has 0 aliphatic rings. The first-order valence-corrected chi connectivity index (χ1v) is 7.02. The number of aliphatic imine (C=N–C) groups is 1. The van der Waals surface area contributed by atoms with Crippen LogP contribution < -0.4 is 10.6 Å². The van der Waals surface area contributed by atoms with E-state index in [1.807, 2.05) is 17.5 Å².